The van der Waals surface area contributed by atoms with Crippen LogP contribution in [0.2, 0.25) is 0 Å². The summed E-state index contributed by atoms with van der Waals surface area (Å²) in [5.74, 6) is 0.730. The number of unbranched alkanes of at least 4 members (excludes halogenated alkanes) is 2. The van der Waals surface area contributed by atoms with Gasteiger partial charge in [0.25, 0.3) is 0 Å². The molecule has 0 radical (unpaired) electrons. The van der Waals surface area contributed by atoms with Gasteiger partial charge in [0.2, 0.25) is 5.88 Å². The van der Waals surface area contributed by atoms with Gasteiger partial charge >= 0.3 is 0 Å². The third kappa shape index (κ3) is 4.16. The molecule has 3 rings (SSSR count). The zero-order chi connectivity index (χ0) is 19.4. The summed E-state index contributed by atoms with van der Waals surface area (Å²) in [6.07, 6.45) is 3.39. The number of hydrogen-bond acceptors (Lipinski definition) is 4. The number of nitroso groups, excluding NO2 is 1. The molecular formula is C21H23BrN2O3. The van der Waals surface area contributed by atoms with E-state index in [4.69, 9.17) is 4.74 Å². The SMILES string of the molecule is CCCCCOc1ccc(Cn2c(O)c(N=O)c3cc(Br)cc(C)c32)cc1. The Morgan fingerprint density at radius 1 is 1.19 bits per heavy atom. The molecule has 0 fully saturated rings. The molecular weight excluding hydrogens is 408 g/mol. The predicted molar refractivity (Wildman–Crippen MR) is 112 cm³/mol. The van der Waals surface area contributed by atoms with Gasteiger partial charge in [-0.1, -0.05) is 47.8 Å². The fourth-order valence-electron chi connectivity index (χ4n) is 3.29. The van der Waals surface area contributed by atoms with Crippen molar-refractivity contribution in [3.05, 3.63) is 56.9 Å². The maximum Gasteiger partial charge on any atom is 0.222 e. The number of ether oxygens (including phenoxy) is 1. The van der Waals surface area contributed by atoms with E-state index in [0.717, 1.165) is 39.9 Å². The molecule has 142 valence electrons. The highest BCUT2D eigenvalue weighted by Gasteiger charge is 2.19. The Bertz CT molecular complexity index is 948. The van der Waals surface area contributed by atoms with Crippen LogP contribution in [0.4, 0.5) is 5.69 Å². The Morgan fingerprint density at radius 3 is 2.59 bits per heavy atom. The van der Waals surface area contributed by atoms with E-state index in [1.165, 1.54) is 12.8 Å². The number of aromatic nitrogens is 1. The molecule has 2 aromatic carbocycles. The van der Waals surface area contributed by atoms with E-state index in [1.54, 1.807) is 4.57 Å². The summed E-state index contributed by atoms with van der Waals surface area (Å²) in [7, 11) is 0. The lowest BCUT2D eigenvalue weighted by atomic mass is 10.1. The molecule has 0 unspecified atom stereocenters. The maximum atomic E-state index is 11.3. The van der Waals surface area contributed by atoms with Crippen molar-refractivity contribution >= 4 is 32.5 Å². The van der Waals surface area contributed by atoms with Crippen LogP contribution in [0.5, 0.6) is 11.6 Å². The molecule has 0 aliphatic rings. The van der Waals surface area contributed by atoms with Gasteiger partial charge in [0, 0.05) is 9.86 Å². The highest BCUT2D eigenvalue weighted by atomic mass is 79.9. The van der Waals surface area contributed by atoms with E-state index < -0.39 is 0 Å². The number of aromatic hydroxyl groups is 1. The van der Waals surface area contributed by atoms with Gasteiger partial charge < -0.3 is 14.4 Å². The first-order chi connectivity index (χ1) is 13.0. The van der Waals surface area contributed by atoms with Crippen molar-refractivity contribution in [1.82, 2.24) is 4.57 Å². The molecule has 0 spiro atoms. The third-order valence-corrected chi connectivity index (χ3v) is 5.09. The van der Waals surface area contributed by atoms with Crippen molar-refractivity contribution in [3.8, 4) is 11.6 Å². The molecule has 0 saturated heterocycles. The normalized spacial score (nSPS) is 11.1. The number of fused-ring (bicyclic) bond motifs is 1. The van der Waals surface area contributed by atoms with Crippen LogP contribution in [-0.4, -0.2) is 16.3 Å². The molecule has 27 heavy (non-hydrogen) atoms. The van der Waals surface area contributed by atoms with Gasteiger partial charge in [-0.2, -0.15) is 0 Å². The van der Waals surface area contributed by atoms with Crippen LogP contribution in [0.3, 0.4) is 0 Å². The number of aryl methyl sites for hydroxylation is 1. The zero-order valence-electron chi connectivity index (χ0n) is 15.5. The maximum absolute atomic E-state index is 11.3. The molecule has 3 aromatic rings. The van der Waals surface area contributed by atoms with Gasteiger partial charge in [0.05, 0.1) is 18.7 Å². The molecule has 0 saturated carbocycles. The molecule has 0 bridgehead atoms. The predicted octanol–water partition coefficient (Wildman–Crippen LogP) is 6.43. The van der Waals surface area contributed by atoms with Crippen molar-refractivity contribution in [3.63, 3.8) is 0 Å². The summed E-state index contributed by atoms with van der Waals surface area (Å²) in [5.41, 5.74) is 2.85. The smallest absolute Gasteiger partial charge is 0.222 e. The van der Waals surface area contributed by atoms with Gasteiger partial charge in [-0.25, -0.2) is 0 Å². The molecule has 1 heterocycles. The van der Waals surface area contributed by atoms with Crippen LogP contribution < -0.4 is 4.74 Å². The van der Waals surface area contributed by atoms with Gasteiger partial charge in [-0.3, -0.25) is 0 Å². The Labute approximate surface area is 167 Å². The average molecular weight is 431 g/mol. The number of rotatable bonds is 8. The molecule has 0 amide bonds. The molecule has 6 heteroatoms. The fourth-order valence-corrected chi connectivity index (χ4v) is 3.86. The molecule has 0 atom stereocenters. The van der Waals surface area contributed by atoms with Crippen LogP contribution in [0.1, 0.15) is 37.3 Å². The second kappa shape index (κ2) is 8.57. The first-order valence-corrected chi connectivity index (χ1v) is 9.90. The second-order valence-electron chi connectivity index (χ2n) is 6.67. The summed E-state index contributed by atoms with van der Waals surface area (Å²) in [4.78, 5) is 11.3. The van der Waals surface area contributed by atoms with Crippen LogP contribution in [-0.2, 0) is 6.54 Å². The van der Waals surface area contributed by atoms with Crippen molar-refractivity contribution in [2.45, 2.75) is 39.7 Å². The first-order valence-electron chi connectivity index (χ1n) is 9.11. The zero-order valence-corrected chi connectivity index (χ0v) is 17.1. The van der Waals surface area contributed by atoms with Crippen molar-refractivity contribution in [2.75, 3.05) is 6.61 Å². The Balaban J connectivity index is 1.86. The van der Waals surface area contributed by atoms with Crippen LogP contribution in [0.25, 0.3) is 10.9 Å². The van der Waals surface area contributed by atoms with E-state index in [2.05, 4.69) is 28.0 Å². The van der Waals surface area contributed by atoms with Crippen molar-refractivity contribution in [1.29, 1.82) is 0 Å². The van der Waals surface area contributed by atoms with Gasteiger partial charge in [0.1, 0.15) is 5.75 Å². The summed E-state index contributed by atoms with van der Waals surface area (Å²) in [6, 6.07) is 11.6. The number of halogens is 1. The monoisotopic (exact) mass is 430 g/mol. The molecule has 1 aromatic heterocycles. The minimum absolute atomic E-state index is 0.0743. The number of benzene rings is 2. The average Bonchev–Trinajstić information content (AvgIpc) is 2.91. The van der Waals surface area contributed by atoms with Crippen molar-refractivity contribution < 1.29 is 9.84 Å². The van der Waals surface area contributed by atoms with Gasteiger partial charge in [-0.15, -0.1) is 4.91 Å². The molecule has 0 aliphatic heterocycles. The fraction of sp³-hybridized carbons (Fsp3) is 0.333. The first kappa shape index (κ1) is 19.4. The summed E-state index contributed by atoms with van der Waals surface area (Å²) < 4.78 is 8.32. The molecule has 0 aliphatic carbocycles. The lowest BCUT2D eigenvalue weighted by molar-refractivity contribution is 0.306. The van der Waals surface area contributed by atoms with Gasteiger partial charge in [0.15, 0.2) is 5.69 Å². The van der Waals surface area contributed by atoms with E-state index in [-0.39, 0.29) is 11.6 Å². The summed E-state index contributed by atoms with van der Waals surface area (Å²) in [5, 5.41) is 14.2. The van der Waals surface area contributed by atoms with Crippen molar-refractivity contribution in [2.24, 2.45) is 5.18 Å². The largest absolute Gasteiger partial charge is 0.494 e. The minimum Gasteiger partial charge on any atom is -0.494 e. The lowest BCUT2D eigenvalue weighted by Crippen LogP contribution is -2.01. The second-order valence-corrected chi connectivity index (χ2v) is 7.58. The molecule has 5 nitrogen and oxygen atoms in total. The standard InChI is InChI=1S/C21H23BrN2O3/c1-3-4-5-10-27-17-8-6-15(7-9-17)13-24-20-14(2)11-16(22)12-18(20)19(23-26)21(24)25/h6-9,11-12,25H,3-5,10,13H2,1-2H3. The van der Waals surface area contributed by atoms with E-state index in [1.807, 2.05) is 43.3 Å². The highest BCUT2D eigenvalue weighted by molar-refractivity contribution is 9.10. The third-order valence-electron chi connectivity index (χ3n) is 4.63. The lowest BCUT2D eigenvalue weighted by Gasteiger charge is -2.11. The van der Waals surface area contributed by atoms with E-state index >= 15 is 0 Å². The Kier molecular flexibility index (Phi) is 6.16. The van der Waals surface area contributed by atoms with E-state index in [9.17, 15) is 10.0 Å². The minimum atomic E-state index is -0.110. The number of nitrogens with zero attached hydrogens (tertiary/aromatic N) is 2. The highest BCUT2D eigenvalue weighted by Crippen LogP contribution is 2.41. The van der Waals surface area contributed by atoms with Crippen LogP contribution in [0, 0.1) is 11.8 Å². The summed E-state index contributed by atoms with van der Waals surface area (Å²) in [6.45, 7) is 5.28. The van der Waals surface area contributed by atoms with Gasteiger partial charge in [-0.05, 0) is 53.9 Å². The topological polar surface area (TPSA) is 63.8 Å². The van der Waals surface area contributed by atoms with Crippen LogP contribution >= 0.6 is 15.9 Å². The Hall–Kier alpha value is -2.34. The van der Waals surface area contributed by atoms with E-state index in [0.29, 0.717) is 11.9 Å². The molecule has 1 N–H and O–H groups in total. The quantitative estimate of drug-likeness (QED) is 0.330. The Morgan fingerprint density at radius 2 is 1.93 bits per heavy atom. The van der Waals surface area contributed by atoms with Crippen LogP contribution in [0.15, 0.2) is 46.0 Å². The summed E-state index contributed by atoms with van der Waals surface area (Å²) >= 11 is 3.44. The number of hydrogen-bond donors (Lipinski definition) is 1.